The minimum absolute atomic E-state index is 0.0546. The van der Waals surface area contributed by atoms with Crippen LogP contribution >= 0.6 is 0 Å². The summed E-state index contributed by atoms with van der Waals surface area (Å²) in [6.07, 6.45) is 8.94. The first-order valence-corrected chi connectivity index (χ1v) is 7.98. The van der Waals surface area contributed by atoms with E-state index in [-0.39, 0.29) is 5.56 Å². The third-order valence-electron chi connectivity index (χ3n) is 4.55. The number of likely N-dealkylation sites (N-methyl/N-ethyl adjacent to an activating group) is 1. The summed E-state index contributed by atoms with van der Waals surface area (Å²) in [6, 6.07) is 2.25. The molecular weight excluding hydrogens is 264 g/mol. The van der Waals surface area contributed by atoms with Gasteiger partial charge in [0.1, 0.15) is 5.52 Å². The lowest BCUT2D eigenvalue weighted by molar-refractivity contribution is 0.324. The molecule has 1 atom stereocenters. The minimum atomic E-state index is 0.0546. The fourth-order valence-electron chi connectivity index (χ4n) is 3.51. The number of hydrogen-bond acceptors (Lipinski definition) is 3. The molecule has 1 N–H and O–H groups in total. The molecule has 1 unspecified atom stereocenters. The van der Waals surface area contributed by atoms with Gasteiger partial charge in [0.2, 0.25) is 0 Å². The molecule has 0 spiro atoms. The highest BCUT2D eigenvalue weighted by Crippen LogP contribution is 2.28. The van der Waals surface area contributed by atoms with Gasteiger partial charge in [-0.25, -0.2) is 4.52 Å². The normalized spacial score (nSPS) is 17.6. The van der Waals surface area contributed by atoms with Gasteiger partial charge >= 0.3 is 0 Å². The highest BCUT2D eigenvalue weighted by atomic mass is 16.1. The zero-order chi connectivity index (χ0) is 14.8. The smallest absolute Gasteiger partial charge is 0.276 e. The molecule has 114 valence electrons. The molecule has 0 bridgehead atoms. The lowest BCUT2D eigenvalue weighted by Crippen LogP contribution is -2.41. The van der Waals surface area contributed by atoms with Crippen molar-refractivity contribution in [2.75, 3.05) is 6.54 Å². The first-order valence-electron chi connectivity index (χ1n) is 7.98. The van der Waals surface area contributed by atoms with Crippen molar-refractivity contribution in [3.05, 3.63) is 34.5 Å². The predicted octanol–water partition coefficient (Wildman–Crippen LogP) is 1.97. The predicted molar refractivity (Wildman–Crippen MR) is 83.6 cm³/mol. The Kier molecular flexibility index (Phi) is 4.10. The van der Waals surface area contributed by atoms with Gasteiger partial charge in [0.15, 0.2) is 0 Å². The van der Waals surface area contributed by atoms with Gasteiger partial charge < -0.3 is 9.88 Å². The quantitative estimate of drug-likeness (QED) is 0.915. The molecule has 3 rings (SSSR count). The van der Waals surface area contributed by atoms with Crippen LogP contribution in [0.2, 0.25) is 0 Å². The molecule has 1 aliphatic carbocycles. The maximum absolute atomic E-state index is 12.6. The number of nitrogens with one attached hydrogen (secondary N) is 1. The van der Waals surface area contributed by atoms with Crippen LogP contribution in [-0.4, -0.2) is 26.8 Å². The lowest BCUT2D eigenvalue weighted by atomic mass is 9.98. The third-order valence-corrected chi connectivity index (χ3v) is 4.55. The summed E-state index contributed by atoms with van der Waals surface area (Å²) in [6.45, 7) is 5.74. The molecule has 1 saturated carbocycles. The number of rotatable bonds is 5. The summed E-state index contributed by atoms with van der Waals surface area (Å²) in [7, 11) is 0. The standard InChI is InChI=1S/C16H24N4O/c1-3-17-14(13-6-4-5-7-13)11-19-8-9-20-15(16(19)21)10-12(2)18-20/h8-10,13-14,17H,3-7,11H2,1-2H3. The average Bonchev–Trinajstić information content (AvgIpc) is 3.10. The Morgan fingerprint density at radius 1 is 1.38 bits per heavy atom. The minimum Gasteiger partial charge on any atom is -0.312 e. The van der Waals surface area contributed by atoms with E-state index in [2.05, 4.69) is 17.3 Å². The highest BCUT2D eigenvalue weighted by Gasteiger charge is 2.25. The van der Waals surface area contributed by atoms with Gasteiger partial charge in [-0.05, 0) is 38.3 Å². The average molecular weight is 288 g/mol. The van der Waals surface area contributed by atoms with Gasteiger partial charge in [-0.1, -0.05) is 19.8 Å². The third kappa shape index (κ3) is 2.88. The second-order valence-corrected chi connectivity index (χ2v) is 6.08. The summed E-state index contributed by atoms with van der Waals surface area (Å²) in [5, 5.41) is 7.87. The first kappa shape index (κ1) is 14.3. The monoisotopic (exact) mass is 288 g/mol. The Balaban J connectivity index is 1.88. The van der Waals surface area contributed by atoms with Crippen LogP contribution in [0.3, 0.4) is 0 Å². The zero-order valence-electron chi connectivity index (χ0n) is 12.9. The van der Waals surface area contributed by atoms with E-state index < -0.39 is 0 Å². The SMILES string of the molecule is CCNC(Cn1ccn2nc(C)cc2c1=O)C1CCCC1. The molecule has 5 nitrogen and oxygen atoms in total. The Bertz CT molecular complexity index is 666. The summed E-state index contributed by atoms with van der Waals surface area (Å²) in [4.78, 5) is 12.6. The molecule has 1 fully saturated rings. The van der Waals surface area contributed by atoms with Gasteiger partial charge in [-0.3, -0.25) is 4.79 Å². The van der Waals surface area contributed by atoms with E-state index in [1.54, 1.807) is 4.52 Å². The fraction of sp³-hybridized carbons (Fsp3) is 0.625. The molecule has 21 heavy (non-hydrogen) atoms. The lowest BCUT2D eigenvalue weighted by Gasteiger charge is -2.25. The van der Waals surface area contributed by atoms with Crippen LogP contribution in [-0.2, 0) is 6.54 Å². The Morgan fingerprint density at radius 3 is 2.86 bits per heavy atom. The van der Waals surface area contributed by atoms with E-state index in [1.807, 2.05) is 30.0 Å². The number of fused-ring (bicyclic) bond motifs is 1. The summed E-state index contributed by atoms with van der Waals surface area (Å²) >= 11 is 0. The van der Waals surface area contributed by atoms with Crippen molar-refractivity contribution in [2.24, 2.45) is 5.92 Å². The Labute approximate surface area is 125 Å². The molecule has 0 saturated heterocycles. The van der Waals surface area contributed by atoms with E-state index in [9.17, 15) is 4.79 Å². The summed E-state index contributed by atoms with van der Waals surface area (Å²) < 4.78 is 3.51. The van der Waals surface area contributed by atoms with Crippen molar-refractivity contribution in [3.63, 3.8) is 0 Å². The van der Waals surface area contributed by atoms with Crippen LogP contribution in [0.4, 0.5) is 0 Å². The van der Waals surface area contributed by atoms with E-state index in [4.69, 9.17) is 0 Å². The van der Waals surface area contributed by atoms with E-state index in [1.165, 1.54) is 25.7 Å². The second-order valence-electron chi connectivity index (χ2n) is 6.08. The van der Waals surface area contributed by atoms with Gasteiger partial charge in [-0.15, -0.1) is 0 Å². The van der Waals surface area contributed by atoms with E-state index in [0.29, 0.717) is 17.5 Å². The molecule has 2 aromatic rings. The molecule has 0 aliphatic heterocycles. The fourth-order valence-corrected chi connectivity index (χ4v) is 3.51. The van der Waals surface area contributed by atoms with Crippen LogP contribution in [0.15, 0.2) is 23.3 Å². The molecule has 1 aliphatic rings. The van der Waals surface area contributed by atoms with Gasteiger partial charge in [0.05, 0.1) is 5.69 Å². The first-order chi connectivity index (χ1) is 10.2. The van der Waals surface area contributed by atoms with E-state index in [0.717, 1.165) is 18.8 Å². The Hall–Kier alpha value is -1.62. The molecule has 2 aromatic heterocycles. The molecule has 0 radical (unpaired) electrons. The number of nitrogens with zero attached hydrogens (tertiary/aromatic N) is 3. The number of aromatic nitrogens is 3. The topological polar surface area (TPSA) is 51.3 Å². The van der Waals surface area contributed by atoms with Gasteiger partial charge in [-0.2, -0.15) is 5.10 Å². The molecule has 0 amide bonds. The van der Waals surface area contributed by atoms with Crippen LogP contribution in [0.1, 0.15) is 38.3 Å². The highest BCUT2D eigenvalue weighted by molar-refractivity contribution is 5.44. The van der Waals surface area contributed by atoms with Crippen molar-refractivity contribution in [1.29, 1.82) is 0 Å². The number of aryl methyl sites for hydroxylation is 1. The zero-order valence-corrected chi connectivity index (χ0v) is 12.9. The summed E-state index contributed by atoms with van der Waals surface area (Å²) in [5.74, 6) is 0.694. The van der Waals surface area contributed by atoms with Crippen LogP contribution in [0, 0.1) is 12.8 Å². The number of hydrogen-bond donors (Lipinski definition) is 1. The largest absolute Gasteiger partial charge is 0.312 e. The van der Waals surface area contributed by atoms with E-state index >= 15 is 0 Å². The van der Waals surface area contributed by atoms with Gasteiger partial charge in [0.25, 0.3) is 5.56 Å². The van der Waals surface area contributed by atoms with Crippen molar-refractivity contribution in [3.8, 4) is 0 Å². The maximum Gasteiger partial charge on any atom is 0.276 e. The maximum atomic E-state index is 12.6. The second kappa shape index (κ2) is 6.02. The van der Waals surface area contributed by atoms with Crippen molar-refractivity contribution >= 4 is 5.52 Å². The Morgan fingerprint density at radius 2 is 2.14 bits per heavy atom. The molecule has 2 heterocycles. The van der Waals surface area contributed by atoms with Crippen molar-refractivity contribution < 1.29 is 0 Å². The molecular formula is C16H24N4O. The molecule has 0 aromatic carbocycles. The van der Waals surface area contributed by atoms with Crippen LogP contribution in [0.5, 0.6) is 0 Å². The van der Waals surface area contributed by atoms with Crippen molar-refractivity contribution in [2.45, 2.75) is 52.1 Å². The van der Waals surface area contributed by atoms with Crippen LogP contribution in [0.25, 0.3) is 5.52 Å². The van der Waals surface area contributed by atoms with Gasteiger partial charge in [0, 0.05) is 25.0 Å². The summed E-state index contributed by atoms with van der Waals surface area (Å²) in [5.41, 5.74) is 1.60. The van der Waals surface area contributed by atoms with Crippen molar-refractivity contribution in [1.82, 2.24) is 19.5 Å². The van der Waals surface area contributed by atoms with Crippen LogP contribution < -0.4 is 10.9 Å². The molecule has 5 heteroatoms.